The number of methoxy groups -OCH3 is 1. The zero-order valence-electron chi connectivity index (χ0n) is 18.5. The third kappa shape index (κ3) is 4.87. The molecule has 1 fully saturated rings. The molecule has 32 heavy (non-hydrogen) atoms. The van der Waals surface area contributed by atoms with Gasteiger partial charge in [0.15, 0.2) is 11.5 Å². The number of benzene rings is 2. The largest absolute Gasteiger partial charge is 0.493 e. The zero-order valence-corrected chi connectivity index (χ0v) is 18.5. The van der Waals surface area contributed by atoms with Gasteiger partial charge in [0.25, 0.3) is 0 Å². The van der Waals surface area contributed by atoms with Crippen molar-refractivity contribution in [1.29, 1.82) is 0 Å². The maximum absolute atomic E-state index is 12.2. The maximum atomic E-state index is 12.2. The lowest BCUT2D eigenvalue weighted by atomic mass is 9.72. The molecule has 3 rings (SSSR count). The van der Waals surface area contributed by atoms with Crippen molar-refractivity contribution in [2.45, 2.75) is 25.9 Å². The summed E-state index contributed by atoms with van der Waals surface area (Å²) in [7, 11) is 1.56. The summed E-state index contributed by atoms with van der Waals surface area (Å²) in [6.45, 7) is 4.24. The molecular formula is C25H28N2O5. The Kier molecular flexibility index (Phi) is 7.06. The van der Waals surface area contributed by atoms with Gasteiger partial charge in [0, 0.05) is 30.0 Å². The summed E-state index contributed by atoms with van der Waals surface area (Å²) in [5.74, 6) is 5.11. The summed E-state index contributed by atoms with van der Waals surface area (Å²) in [4.78, 5) is 25.0. The summed E-state index contributed by atoms with van der Waals surface area (Å²) < 4.78 is 11.3. The highest BCUT2D eigenvalue weighted by atomic mass is 16.5. The fraction of sp³-hybridized carbons (Fsp3) is 0.360. The number of carbonyl (C=O) groups is 2. The van der Waals surface area contributed by atoms with Crippen LogP contribution in [0, 0.1) is 17.3 Å². The number of primary amides is 1. The number of rotatable bonds is 5. The summed E-state index contributed by atoms with van der Waals surface area (Å²) >= 11 is 0. The molecule has 2 aromatic carbocycles. The molecule has 1 saturated heterocycles. The number of carbonyl (C=O) groups excluding carboxylic acids is 2. The number of hydrogen-bond acceptors (Lipinski definition) is 5. The van der Waals surface area contributed by atoms with Gasteiger partial charge in [-0.3, -0.25) is 9.59 Å². The number of nitrogens with zero attached hydrogens (tertiary/aromatic N) is 1. The minimum Gasteiger partial charge on any atom is -0.493 e. The molecule has 0 aromatic heterocycles. The number of nitrogens with two attached hydrogens (primary N) is 1. The van der Waals surface area contributed by atoms with Crippen LogP contribution < -0.4 is 15.2 Å². The second kappa shape index (κ2) is 9.75. The lowest BCUT2D eigenvalue weighted by Crippen LogP contribution is -2.41. The van der Waals surface area contributed by atoms with E-state index in [-0.39, 0.29) is 25.6 Å². The van der Waals surface area contributed by atoms with Crippen LogP contribution in [0.4, 0.5) is 0 Å². The minimum absolute atomic E-state index is 0.166. The van der Waals surface area contributed by atoms with Gasteiger partial charge >= 0.3 is 11.8 Å². The quantitative estimate of drug-likeness (QED) is 0.551. The van der Waals surface area contributed by atoms with Gasteiger partial charge in [-0.25, -0.2) is 0 Å². The first kappa shape index (κ1) is 23.2. The highest BCUT2D eigenvalue weighted by molar-refractivity contribution is 6.34. The Morgan fingerprint density at radius 2 is 1.97 bits per heavy atom. The summed E-state index contributed by atoms with van der Waals surface area (Å²) in [6, 6.07) is 15.1. The third-order valence-corrected chi connectivity index (χ3v) is 6.08. The highest BCUT2D eigenvalue weighted by Crippen LogP contribution is 2.46. The molecule has 3 atom stereocenters. The molecule has 1 heterocycles. The van der Waals surface area contributed by atoms with E-state index in [0.717, 1.165) is 11.1 Å². The molecule has 168 valence electrons. The predicted molar refractivity (Wildman–Crippen MR) is 120 cm³/mol. The van der Waals surface area contributed by atoms with E-state index in [1.807, 2.05) is 49.4 Å². The number of aliphatic hydroxyl groups excluding tert-OH is 1. The normalized spacial score (nSPS) is 20.8. The molecule has 7 heteroatoms. The van der Waals surface area contributed by atoms with Crippen molar-refractivity contribution in [3.8, 4) is 23.3 Å². The van der Waals surface area contributed by atoms with Crippen LogP contribution in [0.5, 0.6) is 11.5 Å². The van der Waals surface area contributed by atoms with Crippen molar-refractivity contribution >= 4 is 11.8 Å². The average molecular weight is 437 g/mol. The molecule has 0 aliphatic carbocycles. The lowest BCUT2D eigenvalue weighted by Gasteiger charge is -2.33. The van der Waals surface area contributed by atoms with Crippen molar-refractivity contribution in [2.75, 3.05) is 26.8 Å². The summed E-state index contributed by atoms with van der Waals surface area (Å²) in [5, 5.41) is 10.5. The molecule has 1 aliphatic rings. The Morgan fingerprint density at radius 1 is 1.25 bits per heavy atom. The Balaban J connectivity index is 1.84. The van der Waals surface area contributed by atoms with Crippen molar-refractivity contribution < 1.29 is 24.2 Å². The van der Waals surface area contributed by atoms with E-state index in [9.17, 15) is 14.7 Å². The number of aliphatic hydroxyl groups is 1. The van der Waals surface area contributed by atoms with Crippen LogP contribution in [-0.2, 0) is 9.59 Å². The van der Waals surface area contributed by atoms with Crippen LogP contribution in [0.2, 0.25) is 0 Å². The molecule has 2 amide bonds. The topological polar surface area (TPSA) is 102 Å². The van der Waals surface area contributed by atoms with E-state index < -0.39 is 23.3 Å². The standard InChI is InChI=1S/C25H28N2O5/c1-17(28)25(2)16-27(24(30)23(26)29)15-20(25)19-11-12-21(31-3)22(14-19)32-13-7-10-18-8-5-4-6-9-18/h4-6,8-9,11-12,14,17,20,28H,13,15-16H2,1-3H3,(H2,26,29). The van der Waals surface area contributed by atoms with Crippen molar-refractivity contribution in [1.82, 2.24) is 4.90 Å². The monoisotopic (exact) mass is 436 g/mol. The highest BCUT2D eigenvalue weighted by Gasteiger charge is 2.49. The molecule has 0 spiro atoms. The summed E-state index contributed by atoms with van der Waals surface area (Å²) in [6.07, 6.45) is -0.721. The fourth-order valence-electron chi connectivity index (χ4n) is 4.03. The first-order chi connectivity index (χ1) is 15.3. The molecule has 0 saturated carbocycles. The van der Waals surface area contributed by atoms with Crippen LogP contribution >= 0.6 is 0 Å². The van der Waals surface area contributed by atoms with E-state index in [1.54, 1.807) is 20.1 Å². The second-order valence-electron chi connectivity index (χ2n) is 8.15. The van der Waals surface area contributed by atoms with E-state index in [1.165, 1.54) is 4.90 Å². The minimum atomic E-state index is -1.01. The third-order valence-electron chi connectivity index (χ3n) is 6.08. The van der Waals surface area contributed by atoms with Crippen LogP contribution in [0.3, 0.4) is 0 Å². The number of likely N-dealkylation sites (tertiary alicyclic amines) is 1. The van der Waals surface area contributed by atoms with Gasteiger partial charge in [0.2, 0.25) is 0 Å². The maximum Gasteiger partial charge on any atom is 0.311 e. The van der Waals surface area contributed by atoms with Gasteiger partial charge in [-0.05, 0) is 36.8 Å². The fourth-order valence-corrected chi connectivity index (χ4v) is 4.03. The van der Waals surface area contributed by atoms with E-state index in [2.05, 4.69) is 11.8 Å². The van der Waals surface area contributed by atoms with Crippen molar-refractivity contribution in [3.05, 3.63) is 59.7 Å². The molecule has 0 radical (unpaired) electrons. The van der Waals surface area contributed by atoms with Gasteiger partial charge in [-0.15, -0.1) is 0 Å². The first-order valence-corrected chi connectivity index (χ1v) is 10.4. The average Bonchev–Trinajstić information content (AvgIpc) is 3.15. The molecule has 7 nitrogen and oxygen atoms in total. The molecule has 3 unspecified atom stereocenters. The molecular weight excluding hydrogens is 408 g/mol. The van der Waals surface area contributed by atoms with Crippen LogP contribution in [0.15, 0.2) is 48.5 Å². The van der Waals surface area contributed by atoms with Gasteiger partial charge in [-0.1, -0.05) is 43.0 Å². The molecule has 2 aromatic rings. The lowest BCUT2D eigenvalue weighted by molar-refractivity contribution is -0.143. The molecule has 3 N–H and O–H groups in total. The number of amides is 2. The van der Waals surface area contributed by atoms with Crippen LogP contribution in [0.25, 0.3) is 0 Å². The predicted octanol–water partition coefficient (Wildman–Crippen LogP) is 1.92. The Labute approximate surface area is 188 Å². The van der Waals surface area contributed by atoms with Crippen molar-refractivity contribution in [2.24, 2.45) is 11.1 Å². The Morgan fingerprint density at radius 3 is 2.59 bits per heavy atom. The van der Waals surface area contributed by atoms with Gasteiger partial charge in [-0.2, -0.15) is 0 Å². The molecule has 1 aliphatic heterocycles. The van der Waals surface area contributed by atoms with E-state index in [0.29, 0.717) is 11.5 Å². The van der Waals surface area contributed by atoms with Crippen LogP contribution in [0.1, 0.15) is 30.9 Å². The van der Waals surface area contributed by atoms with Gasteiger partial charge in [0.05, 0.1) is 13.2 Å². The zero-order chi connectivity index (χ0) is 23.3. The smallest absolute Gasteiger partial charge is 0.311 e. The number of hydrogen-bond donors (Lipinski definition) is 2. The van der Waals surface area contributed by atoms with Gasteiger partial charge < -0.3 is 25.2 Å². The SMILES string of the molecule is COc1ccc(C2CN(C(=O)C(N)=O)CC2(C)C(C)O)cc1OCC#Cc1ccccc1. The van der Waals surface area contributed by atoms with Crippen LogP contribution in [-0.4, -0.2) is 54.7 Å². The van der Waals surface area contributed by atoms with E-state index in [4.69, 9.17) is 15.2 Å². The van der Waals surface area contributed by atoms with Crippen molar-refractivity contribution in [3.63, 3.8) is 0 Å². The number of ether oxygens (including phenoxy) is 2. The Hall–Kier alpha value is -3.50. The first-order valence-electron chi connectivity index (χ1n) is 10.4. The Bertz CT molecular complexity index is 1040. The van der Waals surface area contributed by atoms with Gasteiger partial charge in [0.1, 0.15) is 6.61 Å². The second-order valence-corrected chi connectivity index (χ2v) is 8.15. The van der Waals surface area contributed by atoms with E-state index >= 15 is 0 Å². The summed E-state index contributed by atoms with van der Waals surface area (Å²) in [5.41, 5.74) is 6.29. The molecule has 0 bridgehead atoms.